The van der Waals surface area contributed by atoms with Crippen molar-refractivity contribution in [3.63, 3.8) is 0 Å². The van der Waals surface area contributed by atoms with Crippen LogP contribution in [0, 0.1) is 11.8 Å². The van der Waals surface area contributed by atoms with E-state index >= 15 is 0 Å². The molecular formula is C28H35N3O4S2. The minimum Gasteiger partial charge on any atom is -0.376 e. The third-order valence-corrected chi connectivity index (χ3v) is 10.2. The van der Waals surface area contributed by atoms with Gasteiger partial charge in [0, 0.05) is 25.3 Å². The second kappa shape index (κ2) is 10.8. The Morgan fingerprint density at radius 3 is 2.51 bits per heavy atom. The summed E-state index contributed by atoms with van der Waals surface area (Å²) in [7, 11) is -3.61. The Morgan fingerprint density at radius 1 is 1.14 bits per heavy atom. The Morgan fingerprint density at radius 2 is 1.86 bits per heavy atom. The van der Waals surface area contributed by atoms with E-state index in [4.69, 9.17) is 9.72 Å². The van der Waals surface area contributed by atoms with Gasteiger partial charge in [0.05, 0.1) is 27.8 Å². The quantitative estimate of drug-likeness (QED) is 0.403. The maximum absolute atomic E-state index is 13.8. The van der Waals surface area contributed by atoms with Crippen LogP contribution >= 0.6 is 11.3 Å². The third kappa shape index (κ3) is 5.60. The van der Waals surface area contributed by atoms with Crippen LogP contribution in [0.5, 0.6) is 0 Å². The molecule has 37 heavy (non-hydrogen) atoms. The molecule has 0 aliphatic carbocycles. The lowest BCUT2D eigenvalue weighted by Crippen LogP contribution is -2.42. The molecule has 0 N–H and O–H groups in total. The molecular weight excluding hydrogens is 506 g/mol. The predicted molar refractivity (Wildman–Crippen MR) is 148 cm³/mol. The summed E-state index contributed by atoms with van der Waals surface area (Å²) in [5.41, 5.74) is 2.54. The summed E-state index contributed by atoms with van der Waals surface area (Å²) in [6.45, 7) is 8.48. The van der Waals surface area contributed by atoms with Crippen LogP contribution in [-0.2, 0) is 21.2 Å². The highest BCUT2D eigenvalue weighted by Gasteiger charge is 2.32. The van der Waals surface area contributed by atoms with Crippen LogP contribution < -0.4 is 4.90 Å². The average Bonchev–Trinajstić information content (AvgIpc) is 3.55. The first-order valence-electron chi connectivity index (χ1n) is 13.2. The molecule has 0 radical (unpaired) electrons. The zero-order valence-corrected chi connectivity index (χ0v) is 23.4. The number of ether oxygens (including phenoxy) is 1. The van der Waals surface area contributed by atoms with Gasteiger partial charge in [-0.2, -0.15) is 4.31 Å². The molecule has 2 aliphatic heterocycles. The molecule has 0 spiro atoms. The average molecular weight is 542 g/mol. The lowest BCUT2D eigenvalue weighted by atomic mass is 9.94. The van der Waals surface area contributed by atoms with Crippen molar-refractivity contribution in [1.82, 2.24) is 9.29 Å². The zero-order chi connectivity index (χ0) is 26.2. The summed E-state index contributed by atoms with van der Waals surface area (Å²) in [4.78, 5) is 20.5. The molecule has 198 valence electrons. The Bertz CT molecular complexity index is 1350. The molecule has 2 aliphatic rings. The Hall–Kier alpha value is -2.33. The van der Waals surface area contributed by atoms with Crippen LogP contribution in [-0.4, -0.2) is 56.0 Å². The highest BCUT2D eigenvalue weighted by molar-refractivity contribution is 7.89. The van der Waals surface area contributed by atoms with Crippen molar-refractivity contribution in [3.8, 4) is 0 Å². The molecule has 3 heterocycles. The molecule has 1 amide bonds. The number of amides is 1. The summed E-state index contributed by atoms with van der Waals surface area (Å²) >= 11 is 1.50. The highest BCUT2D eigenvalue weighted by Crippen LogP contribution is 2.32. The van der Waals surface area contributed by atoms with E-state index in [1.165, 1.54) is 16.9 Å². The summed E-state index contributed by atoms with van der Waals surface area (Å²) in [5, 5.41) is 0.636. The fraction of sp³-hybridized carbons (Fsp3) is 0.500. The molecule has 1 aromatic heterocycles. The number of hydrogen-bond acceptors (Lipinski definition) is 6. The Balaban J connectivity index is 1.42. The lowest BCUT2D eigenvalue weighted by molar-refractivity contribution is 0.0917. The SMILES string of the molecule is CCc1ccc2nc(N(CC3CCCO3)C(=O)c3ccc(S(=O)(=O)N4CC(C)CC(C)C4)cc3)sc2c1. The first-order chi connectivity index (χ1) is 17.7. The molecule has 0 bridgehead atoms. The van der Waals surface area contributed by atoms with Crippen LogP contribution in [0.3, 0.4) is 0 Å². The number of aromatic nitrogens is 1. The van der Waals surface area contributed by atoms with Gasteiger partial charge in [0.1, 0.15) is 0 Å². The van der Waals surface area contributed by atoms with Crippen LogP contribution in [0.1, 0.15) is 56.0 Å². The number of carbonyl (C=O) groups excluding carboxylic acids is 1. The van der Waals surface area contributed by atoms with Gasteiger partial charge in [0.25, 0.3) is 5.91 Å². The monoisotopic (exact) mass is 541 g/mol. The Labute approximate surface area is 223 Å². The molecule has 3 unspecified atom stereocenters. The molecule has 3 atom stereocenters. The van der Waals surface area contributed by atoms with Crippen LogP contribution in [0.15, 0.2) is 47.4 Å². The summed E-state index contributed by atoms with van der Waals surface area (Å²) in [5.74, 6) is 0.454. The second-order valence-corrected chi connectivity index (χ2v) is 13.4. The number of carbonyl (C=O) groups is 1. The van der Waals surface area contributed by atoms with E-state index in [-0.39, 0.29) is 16.9 Å². The molecule has 2 aromatic carbocycles. The number of anilines is 1. The van der Waals surface area contributed by atoms with Crippen molar-refractivity contribution in [2.24, 2.45) is 11.8 Å². The lowest BCUT2D eigenvalue weighted by Gasteiger charge is -2.34. The number of nitrogens with zero attached hydrogens (tertiary/aromatic N) is 3. The summed E-state index contributed by atoms with van der Waals surface area (Å²) in [6.07, 6.45) is 3.81. The fourth-order valence-electron chi connectivity index (χ4n) is 5.41. The van der Waals surface area contributed by atoms with E-state index < -0.39 is 10.0 Å². The van der Waals surface area contributed by atoms with Crippen molar-refractivity contribution < 1.29 is 17.9 Å². The number of thiazole rings is 1. The molecule has 2 fully saturated rings. The first kappa shape index (κ1) is 26.3. The maximum atomic E-state index is 13.8. The summed E-state index contributed by atoms with van der Waals surface area (Å²) < 4.78 is 35.1. The zero-order valence-electron chi connectivity index (χ0n) is 21.7. The third-order valence-electron chi connectivity index (χ3n) is 7.31. The van der Waals surface area contributed by atoms with Crippen molar-refractivity contribution in [1.29, 1.82) is 0 Å². The number of rotatable bonds is 7. The molecule has 5 rings (SSSR count). The van der Waals surface area contributed by atoms with Gasteiger partial charge in [0.2, 0.25) is 10.0 Å². The summed E-state index contributed by atoms with van der Waals surface area (Å²) in [6, 6.07) is 12.6. The van der Waals surface area contributed by atoms with E-state index in [1.807, 2.05) is 6.07 Å². The Kier molecular flexibility index (Phi) is 7.68. The second-order valence-electron chi connectivity index (χ2n) is 10.5. The number of fused-ring (bicyclic) bond motifs is 1. The molecule has 9 heteroatoms. The van der Waals surface area contributed by atoms with Gasteiger partial charge >= 0.3 is 0 Å². The largest absolute Gasteiger partial charge is 0.376 e. The van der Waals surface area contributed by atoms with Crippen LogP contribution in [0.4, 0.5) is 5.13 Å². The van der Waals surface area contributed by atoms with Crippen molar-refractivity contribution in [2.75, 3.05) is 31.1 Å². The van der Waals surface area contributed by atoms with Gasteiger partial charge < -0.3 is 4.74 Å². The molecule has 2 saturated heterocycles. The van der Waals surface area contributed by atoms with Crippen molar-refractivity contribution in [2.45, 2.75) is 57.5 Å². The van der Waals surface area contributed by atoms with Gasteiger partial charge in [0.15, 0.2) is 5.13 Å². The number of piperidine rings is 1. The maximum Gasteiger partial charge on any atom is 0.260 e. The highest BCUT2D eigenvalue weighted by atomic mass is 32.2. The minimum atomic E-state index is -3.61. The van der Waals surface area contributed by atoms with Gasteiger partial charge in [-0.15, -0.1) is 0 Å². The number of sulfonamides is 1. The van der Waals surface area contributed by atoms with E-state index in [1.54, 1.807) is 33.5 Å². The van der Waals surface area contributed by atoms with Crippen molar-refractivity contribution >= 4 is 42.6 Å². The van der Waals surface area contributed by atoms with E-state index in [0.717, 1.165) is 35.9 Å². The van der Waals surface area contributed by atoms with Crippen molar-refractivity contribution in [3.05, 3.63) is 53.6 Å². The van der Waals surface area contributed by atoms with Crippen LogP contribution in [0.2, 0.25) is 0 Å². The standard InChI is InChI=1S/C28H35N3O4S2/c1-4-21-7-12-25-26(15-21)36-28(29-25)31(18-23-6-5-13-35-23)27(32)22-8-10-24(11-9-22)37(33,34)30-16-19(2)14-20(3)17-30/h7-12,15,19-20,23H,4-6,13-14,16-18H2,1-3H3. The molecule has 0 saturated carbocycles. The van der Waals surface area contributed by atoms with Gasteiger partial charge in [-0.3, -0.25) is 9.69 Å². The van der Waals surface area contributed by atoms with Gasteiger partial charge in [-0.05, 0) is 79.5 Å². The van der Waals surface area contributed by atoms with E-state index in [0.29, 0.717) is 48.8 Å². The van der Waals surface area contributed by atoms with Crippen LogP contribution in [0.25, 0.3) is 10.2 Å². The van der Waals surface area contributed by atoms with Gasteiger partial charge in [-0.1, -0.05) is 38.2 Å². The first-order valence-corrected chi connectivity index (χ1v) is 15.4. The van der Waals surface area contributed by atoms with E-state index in [9.17, 15) is 13.2 Å². The number of hydrogen-bond donors (Lipinski definition) is 0. The van der Waals surface area contributed by atoms with E-state index in [2.05, 4.69) is 32.9 Å². The molecule has 3 aromatic rings. The normalized spacial score (nSPS) is 22.9. The predicted octanol–water partition coefficient (Wildman–Crippen LogP) is 5.35. The molecule has 7 nitrogen and oxygen atoms in total. The minimum absolute atomic E-state index is 0.0371. The fourth-order valence-corrected chi connectivity index (χ4v) is 8.12. The topological polar surface area (TPSA) is 79.8 Å². The van der Waals surface area contributed by atoms with Gasteiger partial charge in [-0.25, -0.2) is 13.4 Å². The number of aryl methyl sites for hydroxylation is 1. The smallest absolute Gasteiger partial charge is 0.260 e. The number of benzene rings is 2.